The van der Waals surface area contributed by atoms with Crippen molar-refractivity contribution in [2.75, 3.05) is 18.9 Å². The number of carbonyl (C=O) groups is 2. The summed E-state index contributed by atoms with van der Waals surface area (Å²) in [5.74, 6) is -0.429. The van der Waals surface area contributed by atoms with Gasteiger partial charge in [-0.05, 0) is 26.0 Å². The van der Waals surface area contributed by atoms with Gasteiger partial charge in [0.15, 0.2) is 5.76 Å². The zero-order valence-electron chi connectivity index (χ0n) is 11.6. The molecule has 0 saturated carbocycles. The molecule has 2 aromatic heterocycles. The van der Waals surface area contributed by atoms with Crippen LogP contribution in [0.3, 0.4) is 0 Å². The third-order valence-electron chi connectivity index (χ3n) is 2.85. The molecule has 2 amide bonds. The van der Waals surface area contributed by atoms with Gasteiger partial charge in [0.2, 0.25) is 5.91 Å². The number of aryl methyl sites for hydroxylation is 2. The van der Waals surface area contributed by atoms with E-state index in [0.29, 0.717) is 11.4 Å². The molecular weight excluding hydrogens is 260 g/mol. The standard InChI is InChI=1S/C13H16N4O3/c1-8-12(9(2)16-15-8)14-11(18)7-17(3)13(19)10-5-4-6-20-10/h4-6H,7H2,1-3H3,(H,14,18)(H,15,16). The number of amides is 2. The van der Waals surface area contributed by atoms with Crippen LogP contribution in [0.5, 0.6) is 0 Å². The van der Waals surface area contributed by atoms with Gasteiger partial charge in [0.25, 0.3) is 5.91 Å². The minimum atomic E-state index is -0.342. The van der Waals surface area contributed by atoms with Crippen LogP contribution in [0, 0.1) is 13.8 Å². The van der Waals surface area contributed by atoms with Gasteiger partial charge in [-0.15, -0.1) is 0 Å². The van der Waals surface area contributed by atoms with E-state index in [9.17, 15) is 9.59 Å². The molecule has 0 spiro atoms. The second-order valence-electron chi connectivity index (χ2n) is 4.50. The third-order valence-corrected chi connectivity index (χ3v) is 2.85. The van der Waals surface area contributed by atoms with Crippen LogP contribution in [0.1, 0.15) is 21.9 Å². The van der Waals surface area contributed by atoms with Crippen LogP contribution in [0.2, 0.25) is 0 Å². The van der Waals surface area contributed by atoms with Crippen molar-refractivity contribution in [3.63, 3.8) is 0 Å². The van der Waals surface area contributed by atoms with Crippen molar-refractivity contribution in [1.82, 2.24) is 15.1 Å². The Hall–Kier alpha value is -2.57. The average molecular weight is 276 g/mol. The molecule has 2 heterocycles. The van der Waals surface area contributed by atoms with E-state index in [1.807, 2.05) is 6.92 Å². The van der Waals surface area contributed by atoms with E-state index in [0.717, 1.165) is 5.69 Å². The van der Waals surface area contributed by atoms with E-state index in [2.05, 4.69) is 15.5 Å². The number of aromatic amines is 1. The molecular formula is C13H16N4O3. The van der Waals surface area contributed by atoms with Gasteiger partial charge in [-0.3, -0.25) is 14.7 Å². The van der Waals surface area contributed by atoms with Gasteiger partial charge in [-0.25, -0.2) is 0 Å². The lowest BCUT2D eigenvalue weighted by molar-refractivity contribution is -0.116. The first-order chi connectivity index (χ1) is 9.49. The number of furan rings is 1. The second kappa shape index (κ2) is 5.60. The highest BCUT2D eigenvalue weighted by molar-refractivity contribution is 5.98. The van der Waals surface area contributed by atoms with Crippen LogP contribution in [0.15, 0.2) is 22.8 Å². The van der Waals surface area contributed by atoms with E-state index in [-0.39, 0.29) is 24.1 Å². The number of rotatable bonds is 4. The van der Waals surface area contributed by atoms with Crippen molar-refractivity contribution in [3.8, 4) is 0 Å². The number of hydrogen-bond donors (Lipinski definition) is 2. The maximum Gasteiger partial charge on any atom is 0.289 e. The number of anilines is 1. The second-order valence-corrected chi connectivity index (χ2v) is 4.50. The predicted octanol–water partition coefficient (Wildman–Crippen LogP) is 1.33. The minimum absolute atomic E-state index is 0.0659. The van der Waals surface area contributed by atoms with Crippen LogP contribution >= 0.6 is 0 Å². The summed E-state index contributed by atoms with van der Waals surface area (Å²) >= 11 is 0. The zero-order valence-corrected chi connectivity index (χ0v) is 11.6. The van der Waals surface area contributed by atoms with E-state index >= 15 is 0 Å². The molecule has 0 aliphatic rings. The Bertz CT molecular complexity index is 596. The lowest BCUT2D eigenvalue weighted by Gasteiger charge is -2.15. The van der Waals surface area contributed by atoms with Crippen molar-refractivity contribution >= 4 is 17.5 Å². The molecule has 2 N–H and O–H groups in total. The van der Waals surface area contributed by atoms with Crippen LogP contribution in [0.25, 0.3) is 0 Å². The molecule has 7 heteroatoms. The van der Waals surface area contributed by atoms with Crippen LogP contribution < -0.4 is 5.32 Å². The minimum Gasteiger partial charge on any atom is -0.459 e. The molecule has 0 unspecified atom stereocenters. The number of carbonyl (C=O) groups excluding carboxylic acids is 2. The van der Waals surface area contributed by atoms with Gasteiger partial charge in [-0.1, -0.05) is 0 Å². The maximum absolute atomic E-state index is 11.9. The van der Waals surface area contributed by atoms with Gasteiger partial charge in [-0.2, -0.15) is 5.10 Å². The van der Waals surface area contributed by atoms with Gasteiger partial charge in [0, 0.05) is 7.05 Å². The molecule has 0 aliphatic carbocycles. The highest BCUT2D eigenvalue weighted by atomic mass is 16.3. The zero-order chi connectivity index (χ0) is 14.7. The molecule has 20 heavy (non-hydrogen) atoms. The monoisotopic (exact) mass is 276 g/mol. The Morgan fingerprint density at radius 2 is 2.20 bits per heavy atom. The quantitative estimate of drug-likeness (QED) is 0.881. The van der Waals surface area contributed by atoms with Gasteiger partial charge in [0.1, 0.15) is 0 Å². The smallest absolute Gasteiger partial charge is 0.289 e. The third kappa shape index (κ3) is 2.87. The molecule has 7 nitrogen and oxygen atoms in total. The molecule has 0 atom stereocenters. The van der Waals surface area contributed by atoms with Crippen molar-refractivity contribution in [3.05, 3.63) is 35.5 Å². The van der Waals surface area contributed by atoms with Crippen LogP contribution in [-0.4, -0.2) is 40.5 Å². The first-order valence-electron chi connectivity index (χ1n) is 6.09. The highest BCUT2D eigenvalue weighted by Crippen LogP contribution is 2.15. The number of nitrogens with zero attached hydrogens (tertiary/aromatic N) is 2. The summed E-state index contributed by atoms with van der Waals surface area (Å²) in [5.41, 5.74) is 2.13. The first kappa shape index (κ1) is 13.9. The normalized spacial score (nSPS) is 10.3. The number of H-pyrrole nitrogens is 1. The number of aromatic nitrogens is 2. The number of nitrogens with one attached hydrogen (secondary N) is 2. The Kier molecular flexibility index (Phi) is 3.88. The van der Waals surface area contributed by atoms with Gasteiger partial charge < -0.3 is 14.6 Å². The van der Waals surface area contributed by atoms with E-state index < -0.39 is 0 Å². The van der Waals surface area contributed by atoms with Crippen molar-refractivity contribution in [2.24, 2.45) is 0 Å². The summed E-state index contributed by atoms with van der Waals surface area (Å²) in [5, 5.41) is 9.50. The van der Waals surface area contributed by atoms with Gasteiger partial charge >= 0.3 is 0 Å². The Morgan fingerprint density at radius 1 is 1.45 bits per heavy atom. The summed E-state index contributed by atoms with van der Waals surface area (Å²) in [6, 6.07) is 3.18. The lowest BCUT2D eigenvalue weighted by Crippen LogP contribution is -2.34. The van der Waals surface area contributed by atoms with Crippen molar-refractivity contribution in [1.29, 1.82) is 0 Å². The molecule has 106 valence electrons. The van der Waals surface area contributed by atoms with E-state index in [4.69, 9.17) is 4.42 Å². The summed E-state index contributed by atoms with van der Waals surface area (Å²) in [6.07, 6.45) is 1.42. The fraction of sp³-hybridized carbons (Fsp3) is 0.308. The van der Waals surface area contributed by atoms with Crippen LogP contribution in [0.4, 0.5) is 5.69 Å². The predicted molar refractivity (Wildman–Crippen MR) is 72.4 cm³/mol. The number of likely N-dealkylation sites (N-methyl/N-ethyl adjacent to an activating group) is 1. The van der Waals surface area contributed by atoms with E-state index in [1.165, 1.54) is 11.2 Å². The highest BCUT2D eigenvalue weighted by Gasteiger charge is 2.18. The molecule has 0 bridgehead atoms. The molecule has 0 saturated heterocycles. The molecule has 2 rings (SSSR count). The maximum atomic E-state index is 11.9. The fourth-order valence-corrected chi connectivity index (χ4v) is 1.79. The largest absolute Gasteiger partial charge is 0.459 e. The lowest BCUT2D eigenvalue weighted by atomic mass is 10.3. The summed E-state index contributed by atoms with van der Waals surface area (Å²) < 4.78 is 5.00. The Morgan fingerprint density at radius 3 is 2.75 bits per heavy atom. The molecule has 2 aromatic rings. The molecule has 0 fully saturated rings. The molecule has 0 aromatic carbocycles. The Balaban J connectivity index is 1.96. The van der Waals surface area contributed by atoms with E-state index in [1.54, 1.807) is 26.1 Å². The summed E-state index contributed by atoms with van der Waals surface area (Å²) in [4.78, 5) is 25.1. The van der Waals surface area contributed by atoms with Crippen molar-refractivity contribution < 1.29 is 14.0 Å². The summed E-state index contributed by atoms with van der Waals surface area (Å²) in [6.45, 7) is 3.54. The fourth-order valence-electron chi connectivity index (χ4n) is 1.79. The van der Waals surface area contributed by atoms with Crippen LogP contribution in [-0.2, 0) is 4.79 Å². The number of hydrogen-bond acceptors (Lipinski definition) is 4. The van der Waals surface area contributed by atoms with Gasteiger partial charge in [0.05, 0.1) is 29.9 Å². The SMILES string of the molecule is Cc1n[nH]c(C)c1NC(=O)CN(C)C(=O)c1ccco1. The topological polar surface area (TPSA) is 91.2 Å². The average Bonchev–Trinajstić information content (AvgIpc) is 3.03. The molecule has 0 radical (unpaired) electrons. The Labute approximate surface area is 116 Å². The first-order valence-corrected chi connectivity index (χ1v) is 6.09. The molecule has 0 aliphatic heterocycles. The van der Waals surface area contributed by atoms with Crippen molar-refractivity contribution in [2.45, 2.75) is 13.8 Å². The summed E-state index contributed by atoms with van der Waals surface area (Å²) in [7, 11) is 1.54.